The van der Waals surface area contributed by atoms with Crippen LogP contribution in [0.4, 0.5) is 0 Å². The van der Waals surface area contributed by atoms with Crippen molar-refractivity contribution < 1.29 is 29.3 Å². The zero-order valence-electron chi connectivity index (χ0n) is 16.6. The first kappa shape index (κ1) is 21.8. The van der Waals surface area contributed by atoms with E-state index in [-0.39, 0.29) is 18.9 Å². The van der Waals surface area contributed by atoms with Crippen molar-refractivity contribution in [2.75, 3.05) is 20.3 Å². The molecule has 0 aliphatic rings. The van der Waals surface area contributed by atoms with Crippen LogP contribution in [-0.2, 0) is 16.0 Å². The highest BCUT2D eigenvalue weighted by molar-refractivity contribution is 6.30. The molecule has 0 bridgehead atoms. The number of hydrogen-bond donors (Lipinski definition) is 2. The fourth-order valence-electron chi connectivity index (χ4n) is 3.23. The second-order valence-electron chi connectivity index (χ2n) is 6.79. The zero-order valence-corrected chi connectivity index (χ0v) is 17.3. The van der Waals surface area contributed by atoms with E-state index in [1.54, 1.807) is 54.0 Å². The van der Waals surface area contributed by atoms with Crippen molar-refractivity contribution in [3.63, 3.8) is 0 Å². The fourth-order valence-corrected chi connectivity index (χ4v) is 3.36. The highest BCUT2D eigenvalue weighted by Gasteiger charge is 2.22. The van der Waals surface area contributed by atoms with Crippen LogP contribution in [0.1, 0.15) is 21.6 Å². The summed E-state index contributed by atoms with van der Waals surface area (Å²) in [6.07, 6.45) is -1.24. The second-order valence-corrected chi connectivity index (χ2v) is 7.23. The van der Waals surface area contributed by atoms with Crippen molar-refractivity contribution >= 4 is 34.4 Å². The van der Waals surface area contributed by atoms with Gasteiger partial charge in [-0.1, -0.05) is 11.6 Å². The van der Waals surface area contributed by atoms with Crippen molar-refractivity contribution in [2.45, 2.75) is 19.4 Å². The monoisotopic (exact) mass is 431 g/mol. The number of hydrogen-bond acceptors (Lipinski definition) is 6. The average Bonchev–Trinajstić information content (AvgIpc) is 3.02. The number of carbonyl (C=O) groups is 2. The number of benzene rings is 2. The molecule has 0 saturated heterocycles. The lowest BCUT2D eigenvalue weighted by Crippen LogP contribution is -2.22. The van der Waals surface area contributed by atoms with Crippen LogP contribution in [0.15, 0.2) is 42.5 Å². The smallest absolute Gasteiger partial charge is 0.310 e. The predicted molar refractivity (Wildman–Crippen MR) is 112 cm³/mol. The van der Waals surface area contributed by atoms with E-state index in [9.17, 15) is 14.7 Å². The number of aliphatic hydroxyl groups excluding tert-OH is 2. The highest BCUT2D eigenvalue weighted by atomic mass is 35.5. The molecule has 0 spiro atoms. The number of aromatic nitrogens is 1. The quantitative estimate of drug-likeness (QED) is 0.558. The molecule has 1 heterocycles. The van der Waals surface area contributed by atoms with Gasteiger partial charge in [-0.05, 0) is 55.0 Å². The number of carbonyl (C=O) groups excluding carboxylic acids is 2. The topological polar surface area (TPSA) is 98.0 Å². The van der Waals surface area contributed by atoms with Gasteiger partial charge in [0.25, 0.3) is 5.91 Å². The molecule has 3 aromatic rings. The van der Waals surface area contributed by atoms with E-state index < -0.39 is 18.7 Å². The van der Waals surface area contributed by atoms with Crippen LogP contribution in [0.5, 0.6) is 5.75 Å². The third-order valence-electron chi connectivity index (χ3n) is 4.80. The number of nitrogens with zero attached hydrogens (tertiary/aromatic N) is 1. The van der Waals surface area contributed by atoms with Crippen LogP contribution in [0.25, 0.3) is 10.9 Å². The molecule has 1 atom stereocenters. The summed E-state index contributed by atoms with van der Waals surface area (Å²) < 4.78 is 11.9. The molecule has 158 valence electrons. The summed E-state index contributed by atoms with van der Waals surface area (Å²) in [7, 11) is 1.54. The normalized spacial score (nSPS) is 12.0. The number of rotatable bonds is 7. The second kappa shape index (κ2) is 9.30. The van der Waals surface area contributed by atoms with E-state index in [1.165, 1.54) is 7.11 Å². The van der Waals surface area contributed by atoms with E-state index >= 15 is 0 Å². The molecule has 8 heteroatoms. The molecule has 0 aliphatic carbocycles. The SMILES string of the molecule is COc1ccc2c(c1)c(CC(=O)OCC(O)CO)c(C)n2C(=O)c1ccc(Cl)cc1. The first-order valence-electron chi connectivity index (χ1n) is 9.28. The summed E-state index contributed by atoms with van der Waals surface area (Å²) >= 11 is 5.93. The van der Waals surface area contributed by atoms with Gasteiger partial charge in [0.15, 0.2) is 0 Å². The van der Waals surface area contributed by atoms with Gasteiger partial charge >= 0.3 is 5.97 Å². The summed E-state index contributed by atoms with van der Waals surface area (Å²) in [5.41, 5.74) is 2.30. The summed E-state index contributed by atoms with van der Waals surface area (Å²) in [6, 6.07) is 11.8. The lowest BCUT2D eigenvalue weighted by molar-refractivity contribution is -0.146. The maximum Gasteiger partial charge on any atom is 0.310 e. The van der Waals surface area contributed by atoms with E-state index in [4.69, 9.17) is 26.2 Å². The molecular formula is C22H22ClNO6. The molecule has 0 aliphatic heterocycles. The number of methoxy groups -OCH3 is 1. The van der Waals surface area contributed by atoms with Crippen LogP contribution in [0, 0.1) is 6.92 Å². The Bertz CT molecular complexity index is 1070. The van der Waals surface area contributed by atoms with Crippen molar-refractivity contribution in [1.29, 1.82) is 0 Å². The maximum absolute atomic E-state index is 13.2. The Morgan fingerprint density at radius 3 is 2.50 bits per heavy atom. The van der Waals surface area contributed by atoms with Gasteiger partial charge in [0.1, 0.15) is 18.5 Å². The maximum atomic E-state index is 13.2. The summed E-state index contributed by atoms with van der Waals surface area (Å²) in [5, 5.41) is 19.5. The molecule has 0 fully saturated rings. The molecule has 0 amide bonds. The summed E-state index contributed by atoms with van der Waals surface area (Å²) in [4.78, 5) is 25.5. The van der Waals surface area contributed by atoms with E-state index in [0.29, 0.717) is 38.5 Å². The van der Waals surface area contributed by atoms with Crippen LogP contribution in [0.3, 0.4) is 0 Å². The Kier molecular flexibility index (Phi) is 6.77. The number of aliphatic hydroxyl groups is 2. The van der Waals surface area contributed by atoms with E-state index in [2.05, 4.69) is 0 Å². The molecule has 1 unspecified atom stereocenters. The van der Waals surface area contributed by atoms with Gasteiger partial charge in [-0.2, -0.15) is 0 Å². The third kappa shape index (κ3) is 4.48. The Balaban J connectivity index is 2.04. The van der Waals surface area contributed by atoms with Gasteiger partial charge in [0, 0.05) is 21.7 Å². The number of ether oxygens (including phenoxy) is 2. The Morgan fingerprint density at radius 1 is 1.17 bits per heavy atom. The minimum atomic E-state index is -1.14. The van der Waals surface area contributed by atoms with E-state index in [1.807, 2.05) is 0 Å². The Labute approximate surface area is 178 Å². The molecule has 30 heavy (non-hydrogen) atoms. The summed E-state index contributed by atoms with van der Waals surface area (Å²) in [5.74, 6) is -0.245. The summed E-state index contributed by atoms with van der Waals surface area (Å²) in [6.45, 7) is 0.948. The largest absolute Gasteiger partial charge is 0.497 e. The van der Waals surface area contributed by atoms with Gasteiger partial charge in [-0.15, -0.1) is 0 Å². The van der Waals surface area contributed by atoms with Crippen LogP contribution < -0.4 is 4.74 Å². The molecule has 1 aromatic heterocycles. The standard InChI is InChI=1S/C22H22ClNO6/c1-13-18(10-21(27)30-12-16(26)11-25)19-9-17(29-2)7-8-20(19)24(13)22(28)14-3-5-15(23)6-4-14/h3-9,16,25-26H,10-12H2,1-2H3. The molecule has 0 saturated carbocycles. The minimum absolute atomic E-state index is 0.103. The molecule has 2 aromatic carbocycles. The van der Waals surface area contributed by atoms with Gasteiger partial charge in [-0.25, -0.2) is 0 Å². The van der Waals surface area contributed by atoms with Gasteiger partial charge in [0.2, 0.25) is 0 Å². The average molecular weight is 432 g/mol. The van der Waals surface area contributed by atoms with Gasteiger partial charge in [-0.3, -0.25) is 14.2 Å². The van der Waals surface area contributed by atoms with Crippen LogP contribution >= 0.6 is 11.6 Å². The molecule has 7 nitrogen and oxygen atoms in total. The van der Waals surface area contributed by atoms with Gasteiger partial charge in [0.05, 0.1) is 25.7 Å². The lowest BCUT2D eigenvalue weighted by Gasteiger charge is -2.09. The fraction of sp³-hybridized carbons (Fsp3) is 0.273. The molecular weight excluding hydrogens is 410 g/mol. The van der Waals surface area contributed by atoms with Crippen LogP contribution in [-0.4, -0.2) is 53.1 Å². The Hall–Kier alpha value is -2.87. The molecule has 3 rings (SSSR count). The van der Waals surface area contributed by atoms with Crippen LogP contribution in [0.2, 0.25) is 5.02 Å². The molecule has 2 N–H and O–H groups in total. The predicted octanol–water partition coefficient (Wildman–Crippen LogP) is 2.74. The van der Waals surface area contributed by atoms with Crippen molar-refractivity contribution in [1.82, 2.24) is 4.57 Å². The first-order valence-corrected chi connectivity index (χ1v) is 9.66. The lowest BCUT2D eigenvalue weighted by atomic mass is 10.1. The van der Waals surface area contributed by atoms with Crippen molar-refractivity contribution in [3.8, 4) is 5.75 Å². The molecule has 0 radical (unpaired) electrons. The first-order chi connectivity index (χ1) is 14.3. The van der Waals surface area contributed by atoms with Crippen molar-refractivity contribution in [3.05, 3.63) is 64.3 Å². The number of fused-ring (bicyclic) bond motifs is 1. The minimum Gasteiger partial charge on any atom is -0.497 e. The zero-order chi connectivity index (χ0) is 21.8. The van der Waals surface area contributed by atoms with Gasteiger partial charge < -0.3 is 19.7 Å². The van der Waals surface area contributed by atoms with E-state index in [0.717, 1.165) is 0 Å². The Morgan fingerprint density at radius 2 is 1.87 bits per heavy atom. The van der Waals surface area contributed by atoms with Crippen molar-refractivity contribution in [2.24, 2.45) is 0 Å². The third-order valence-corrected chi connectivity index (χ3v) is 5.06. The number of halogens is 1. The highest BCUT2D eigenvalue weighted by Crippen LogP contribution is 2.31. The number of esters is 1.